The summed E-state index contributed by atoms with van der Waals surface area (Å²) in [6.07, 6.45) is 4.08. The molecule has 4 heterocycles. The van der Waals surface area contributed by atoms with Gasteiger partial charge in [-0.1, -0.05) is 12.1 Å². The lowest BCUT2D eigenvalue weighted by Gasteiger charge is -2.32. The second-order valence-electron chi connectivity index (χ2n) is 8.14. The summed E-state index contributed by atoms with van der Waals surface area (Å²) in [7, 11) is 2.07. The normalized spacial score (nSPS) is 20.0. The number of hydrogen-bond acceptors (Lipinski definition) is 6. The molecule has 8 nitrogen and oxygen atoms in total. The van der Waals surface area contributed by atoms with Crippen LogP contribution in [0.4, 0.5) is 0 Å². The number of hydrogen-bond donors (Lipinski definition) is 0. The molecule has 0 bridgehead atoms. The molecule has 2 aromatic rings. The van der Waals surface area contributed by atoms with Crippen molar-refractivity contribution in [2.45, 2.75) is 39.2 Å². The van der Waals surface area contributed by atoms with Crippen molar-refractivity contribution in [2.75, 3.05) is 39.8 Å². The van der Waals surface area contributed by atoms with Crippen molar-refractivity contribution in [3.8, 4) is 0 Å². The molecule has 2 aliphatic rings. The van der Waals surface area contributed by atoms with Crippen LogP contribution in [0, 0.1) is 6.92 Å². The number of pyridine rings is 1. The van der Waals surface area contributed by atoms with E-state index in [0.29, 0.717) is 35.5 Å². The lowest BCUT2D eigenvalue weighted by molar-refractivity contribution is 0.0661. The fraction of sp³-hybridized carbons (Fsp3) is 0.545. The zero-order chi connectivity index (χ0) is 21.3. The van der Waals surface area contributed by atoms with Gasteiger partial charge in [0, 0.05) is 38.9 Å². The minimum Gasteiger partial charge on any atom is -0.361 e. The van der Waals surface area contributed by atoms with Crippen LogP contribution in [-0.2, 0) is 6.42 Å². The van der Waals surface area contributed by atoms with Gasteiger partial charge in [0.1, 0.15) is 11.3 Å². The van der Waals surface area contributed by atoms with Gasteiger partial charge >= 0.3 is 0 Å². The average molecular weight is 412 g/mol. The molecule has 30 heavy (non-hydrogen) atoms. The van der Waals surface area contributed by atoms with Crippen LogP contribution < -0.4 is 0 Å². The highest BCUT2D eigenvalue weighted by molar-refractivity contribution is 5.96. The fourth-order valence-corrected chi connectivity index (χ4v) is 4.32. The van der Waals surface area contributed by atoms with E-state index < -0.39 is 0 Å². The molecular formula is C22H29N5O3. The molecule has 1 atom stereocenters. The van der Waals surface area contributed by atoms with Crippen LogP contribution >= 0.6 is 0 Å². The van der Waals surface area contributed by atoms with Crippen LogP contribution in [-0.4, -0.2) is 76.4 Å². The second-order valence-corrected chi connectivity index (χ2v) is 8.14. The molecule has 0 radical (unpaired) electrons. The Kier molecular flexibility index (Phi) is 5.85. The molecule has 8 heteroatoms. The van der Waals surface area contributed by atoms with Gasteiger partial charge in [-0.15, -0.1) is 0 Å². The van der Waals surface area contributed by atoms with Gasteiger partial charge in [0.05, 0.1) is 23.0 Å². The molecule has 2 saturated heterocycles. The highest BCUT2D eigenvalue weighted by Gasteiger charge is 2.34. The Hall–Kier alpha value is -2.74. The summed E-state index contributed by atoms with van der Waals surface area (Å²) in [5.41, 5.74) is 2.70. The third-order valence-electron chi connectivity index (χ3n) is 6.16. The van der Waals surface area contributed by atoms with Crippen LogP contribution in [0.3, 0.4) is 0 Å². The Morgan fingerprint density at radius 2 is 1.90 bits per heavy atom. The summed E-state index contributed by atoms with van der Waals surface area (Å²) in [6.45, 7) is 7.67. The SMILES string of the molecule is CCc1noc(C)c1C(=O)N1CCC[C@@H]1c1ccc(C(=O)N2CCN(C)CC2)cn1. The zero-order valence-electron chi connectivity index (χ0n) is 17.9. The average Bonchev–Trinajstić information content (AvgIpc) is 3.40. The Morgan fingerprint density at radius 1 is 1.13 bits per heavy atom. The number of piperazine rings is 1. The summed E-state index contributed by atoms with van der Waals surface area (Å²) >= 11 is 0. The van der Waals surface area contributed by atoms with Gasteiger partial charge in [0.25, 0.3) is 11.8 Å². The lowest BCUT2D eigenvalue weighted by atomic mass is 10.1. The number of rotatable bonds is 4. The number of amides is 2. The van der Waals surface area contributed by atoms with E-state index in [-0.39, 0.29) is 17.9 Å². The van der Waals surface area contributed by atoms with E-state index >= 15 is 0 Å². The third-order valence-corrected chi connectivity index (χ3v) is 6.16. The number of aryl methyl sites for hydroxylation is 2. The molecule has 2 fully saturated rings. The van der Waals surface area contributed by atoms with Gasteiger partial charge in [0.2, 0.25) is 0 Å². The van der Waals surface area contributed by atoms with Crippen molar-refractivity contribution in [1.29, 1.82) is 0 Å². The van der Waals surface area contributed by atoms with Crippen molar-refractivity contribution >= 4 is 11.8 Å². The molecule has 0 aromatic carbocycles. The monoisotopic (exact) mass is 411 g/mol. The summed E-state index contributed by atoms with van der Waals surface area (Å²) < 4.78 is 5.26. The van der Waals surface area contributed by atoms with E-state index in [9.17, 15) is 9.59 Å². The van der Waals surface area contributed by atoms with Crippen LogP contribution in [0.25, 0.3) is 0 Å². The van der Waals surface area contributed by atoms with E-state index in [1.165, 1.54) is 0 Å². The number of aromatic nitrogens is 2. The largest absolute Gasteiger partial charge is 0.361 e. The number of carbonyl (C=O) groups excluding carboxylic acids is 2. The number of nitrogens with zero attached hydrogens (tertiary/aromatic N) is 5. The van der Waals surface area contributed by atoms with E-state index in [1.54, 1.807) is 13.1 Å². The molecule has 160 valence electrons. The summed E-state index contributed by atoms with van der Waals surface area (Å²) in [5.74, 6) is 0.533. The highest BCUT2D eigenvalue weighted by atomic mass is 16.5. The van der Waals surface area contributed by atoms with Gasteiger partial charge in [-0.05, 0) is 45.4 Å². The second kappa shape index (κ2) is 8.55. The van der Waals surface area contributed by atoms with Gasteiger partial charge in [-0.3, -0.25) is 14.6 Å². The fourth-order valence-electron chi connectivity index (χ4n) is 4.32. The topological polar surface area (TPSA) is 82.8 Å². The molecule has 0 saturated carbocycles. The first kappa shape index (κ1) is 20.5. The molecule has 0 aliphatic carbocycles. The molecule has 0 N–H and O–H groups in total. The standard InChI is InChI=1S/C22H29N5O3/c1-4-17-20(15(2)30-24-17)22(29)27-9-5-6-19(27)18-8-7-16(14-23-18)21(28)26-12-10-25(3)11-13-26/h7-8,14,19H,4-6,9-13H2,1-3H3/t19-/m1/s1. The van der Waals surface area contributed by atoms with Gasteiger partial charge in [0.15, 0.2) is 0 Å². The summed E-state index contributed by atoms with van der Waals surface area (Å²) in [5, 5.41) is 4.02. The first-order chi connectivity index (χ1) is 14.5. The Labute approximate surface area is 176 Å². The molecule has 2 aliphatic heterocycles. The molecule has 0 unspecified atom stereocenters. The zero-order valence-corrected chi connectivity index (χ0v) is 17.9. The minimum atomic E-state index is -0.0932. The lowest BCUT2D eigenvalue weighted by Crippen LogP contribution is -2.47. The van der Waals surface area contributed by atoms with E-state index in [0.717, 1.165) is 44.7 Å². The van der Waals surface area contributed by atoms with Crippen LogP contribution in [0.2, 0.25) is 0 Å². The van der Waals surface area contributed by atoms with E-state index in [4.69, 9.17) is 4.52 Å². The molecule has 4 rings (SSSR count). The Bertz CT molecular complexity index is 915. The minimum absolute atomic E-state index is 0.0224. The molecule has 2 aromatic heterocycles. The van der Waals surface area contributed by atoms with Gasteiger partial charge in [-0.25, -0.2) is 0 Å². The predicted molar refractivity (Wildman–Crippen MR) is 111 cm³/mol. The first-order valence-corrected chi connectivity index (χ1v) is 10.7. The molecule has 0 spiro atoms. The van der Waals surface area contributed by atoms with Crippen molar-refractivity contribution < 1.29 is 14.1 Å². The van der Waals surface area contributed by atoms with Crippen LogP contribution in [0.15, 0.2) is 22.9 Å². The quantitative estimate of drug-likeness (QED) is 0.768. The maximum Gasteiger partial charge on any atom is 0.259 e. The van der Waals surface area contributed by atoms with Crippen molar-refractivity contribution in [2.24, 2.45) is 0 Å². The Balaban J connectivity index is 1.50. The van der Waals surface area contributed by atoms with Crippen molar-refractivity contribution in [3.05, 3.63) is 46.6 Å². The smallest absolute Gasteiger partial charge is 0.259 e. The maximum atomic E-state index is 13.2. The number of carbonyl (C=O) groups is 2. The number of likely N-dealkylation sites (N-methyl/N-ethyl adjacent to an activating group) is 1. The van der Waals surface area contributed by atoms with Crippen molar-refractivity contribution in [3.63, 3.8) is 0 Å². The third kappa shape index (κ3) is 3.84. The van der Waals surface area contributed by atoms with Gasteiger partial charge < -0.3 is 19.2 Å². The predicted octanol–water partition coefficient (Wildman–Crippen LogP) is 2.31. The Morgan fingerprint density at radius 3 is 2.57 bits per heavy atom. The number of likely N-dealkylation sites (tertiary alicyclic amines) is 1. The van der Waals surface area contributed by atoms with Crippen LogP contribution in [0.1, 0.15) is 63.7 Å². The molecular weight excluding hydrogens is 382 g/mol. The summed E-state index contributed by atoms with van der Waals surface area (Å²) in [6, 6.07) is 3.64. The molecule has 2 amide bonds. The van der Waals surface area contributed by atoms with Crippen LogP contribution in [0.5, 0.6) is 0 Å². The van der Waals surface area contributed by atoms with E-state index in [2.05, 4.69) is 22.1 Å². The van der Waals surface area contributed by atoms with Gasteiger partial charge in [-0.2, -0.15) is 0 Å². The van der Waals surface area contributed by atoms with Crippen molar-refractivity contribution in [1.82, 2.24) is 24.8 Å². The highest BCUT2D eigenvalue weighted by Crippen LogP contribution is 2.33. The van der Waals surface area contributed by atoms with E-state index in [1.807, 2.05) is 28.9 Å². The first-order valence-electron chi connectivity index (χ1n) is 10.7. The maximum absolute atomic E-state index is 13.2. The summed E-state index contributed by atoms with van der Waals surface area (Å²) in [4.78, 5) is 36.5.